The van der Waals surface area contributed by atoms with E-state index in [9.17, 15) is 4.79 Å². The number of amides is 1. The molecule has 196 valence electrons. The minimum absolute atomic E-state index is 0.277. The highest BCUT2D eigenvalue weighted by molar-refractivity contribution is 7.10. The fourth-order valence-electron chi connectivity index (χ4n) is 4.28. The first-order valence-electron chi connectivity index (χ1n) is 12.5. The van der Waals surface area contributed by atoms with Crippen molar-refractivity contribution in [3.05, 3.63) is 76.9 Å². The van der Waals surface area contributed by atoms with Crippen LogP contribution < -0.4 is 19.7 Å². The summed E-state index contributed by atoms with van der Waals surface area (Å²) in [6.45, 7) is 7.07. The zero-order valence-electron chi connectivity index (χ0n) is 21.5. The molecule has 1 aliphatic rings. The van der Waals surface area contributed by atoms with E-state index in [0.717, 1.165) is 55.6 Å². The number of thiophene rings is 1. The molecule has 0 bridgehead atoms. The number of pyridine rings is 1. The molecule has 1 saturated heterocycles. The van der Waals surface area contributed by atoms with Crippen molar-refractivity contribution in [1.29, 1.82) is 0 Å². The van der Waals surface area contributed by atoms with Crippen molar-refractivity contribution in [3.63, 3.8) is 0 Å². The smallest absolute Gasteiger partial charge is 0.276 e. The van der Waals surface area contributed by atoms with Gasteiger partial charge in [0.2, 0.25) is 0 Å². The Kier molecular flexibility index (Phi) is 8.10. The molecule has 0 radical (unpaired) electrons. The van der Waals surface area contributed by atoms with Crippen LogP contribution in [-0.4, -0.2) is 65.9 Å². The second kappa shape index (κ2) is 12.0. The molecule has 10 heteroatoms. The molecular weight excluding hydrogens is 500 g/mol. The lowest BCUT2D eigenvalue weighted by atomic mass is 10.1. The molecule has 1 aliphatic heterocycles. The molecule has 0 unspecified atom stereocenters. The van der Waals surface area contributed by atoms with Crippen LogP contribution in [-0.2, 0) is 6.54 Å². The van der Waals surface area contributed by atoms with Crippen LogP contribution >= 0.6 is 11.3 Å². The number of hydrogen-bond acceptors (Lipinski definition) is 9. The van der Waals surface area contributed by atoms with Gasteiger partial charge >= 0.3 is 0 Å². The molecular formula is C28H30N6O3S. The van der Waals surface area contributed by atoms with E-state index in [-0.39, 0.29) is 11.6 Å². The van der Waals surface area contributed by atoms with Gasteiger partial charge in [0.25, 0.3) is 5.91 Å². The minimum atomic E-state index is -0.297. The summed E-state index contributed by atoms with van der Waals surface area (Å²) in [5, 5.41) is 13.5. The number of rotatable bonds is 9. The normalized spacial score (nSPS) is 13.8. The van der Waals surface area contributed by atoms with Crippen molar-refractivity contribution < 1.29 is 14.3 Å². The molecule has 3 aromatic heterocycles. The zero-order chi connectivity index (χ0) is 26.3. The predicted octanol–water partition coefficient (Wildman–Crippen LogP) is 4.58. The van der Waals surface area contributed by atoms with Crippen LogP contribution in [0.1, 0.15) is 22.3 Å². The fourth-order valence-corrected chi connectivity index (χ4v) is 5.21. The standard InChI is InChI=1S/C28H30N6O3S/c1-3-37-24-14-20(16-29-17-24)21-15-25(38-19-21)18-33-10-12-34(13-11-33)27-9-8-26(31-32-27)28(35)30-22-4-6-23(36-2)7-5-22/h4-9,14-17,19H,3,10-13,18H2,1-2H3,(H,30,35). The van der Waals surface area contributed by atoms with Crippen LogP contribution in [0.4, 0.5) is 11.5 Å². The van der Waals surface area contributed by atoms with Gasteiger partial charge in [0.1, 0.15) is 11.5 Å². The number of carbonyl (C=O) groups is 1. The lowest BCUT2D eigenvalue weighted by Gasteiger charge is -2.34. The highest BCUT2D eigenvalue weighted by Gasteiger charge is 2.20. The van der Waals surface area contributed by atoms with Crippen LogP contribution in [0.3, 0.4) is 0 Å². The summed E-state index contributed by atoms with van der Waals surface area (Å²) < 4.78 is 10.7. The molecule has 1 N–H and O–H groups in total. The van der Waals surface area contributed by atoms with Gasteiger partial charge in [-0.3, -0.25) is 14.7 Å². The van der Waals surface area contributed by atoms with Crippen LogP contribution in [0.2, 0.25) is 0 Å². The number of benzene rings is 1. The first-order chi connectivity index (χ1) is 18.6. The van der Waals surface area contributed by atoms with Crippen LogP contribution in [0, 0.1) is 0 Å². The molecule has 1 amide bonds. The van der Waals surface area contributed by atoms with E-state index < -0.39 is 0 Å². The molecule has 0 saturated carbocycles. The number of methoxy groups -OCH3 is 1. The number of ether oxygens (including phenoxy) is 2. The maximum absolute atomic E-state index is 12.5. The van der Waals surface area contributed by atoms with Crippen LogP contribution in [0.5, 0.6) is 11.5 Å². The first kappa shape index (κ1) is 25.6. The van der Waals surface area contributed by atoms with Crippen molar-refractivity contribution in [3.8, 4) is 22.6 Å². The third-order valence-corrected chi connectivity index (χ3v) is 7.24. The third kappa shape index (κ3) is 6.27. The highest BCUT2D eigenvalue weighted by Crippen LogP contribution is 2.28. The van der Waals surface area contributed by atoms with Gasteiger partial charge in [0.15, 0.2) is 11.5 Å². The molecule has 38 heavy (non-hydrogen) atoms. The highest BCUT2D eigenvalue weighted by atomic mass is 32.1. The first-order valence-corrected chi connectivity index (χ1v) is 13.4. The Hall–Kier alpha value is -4.02. The van der Waals surface area contributed by atoms with E-state index in [2.05, 4.69) is 41.7 Å². The third-order valence-electron chi connectivity index (χ3n) is 6.32. The average molecular weight is 531 g/mol. The lowest BCUT2D eigenvalue weighted by molar-refractivity contribution is 0.102. The second-order valence-corrected chi connectivity index (χ2v) is 9.86. The summed E-state index contributed by atoms with van der Waals surface area (Å²) in [7, 11) is 1.60. The maximum Gasteiger partial charge on any atom is 0.276 e. The fraction of sp³-hybridized carbons (Fsp3) is 0.286. The molecule has 4 heterocycles. The van der Waals surface area contributed by atoms with E-state index in [4.69, 9.17) is 9.47 Å². The number of aromatic nitrogens is 3. The summed E-state index contributed by atoms with van der Waals surface area (Å²) in [4.78, 5) is 22.8. The van der Waals surface area contributed by atoms with Crippen LogP contribution in [0.15, 0.2) is 66.3 Å². The molecule has 5 rings (SSSR count). The van der Waals surface area contributed by atoms with Gasteiger partial charge in [-0.2, -0.15) is 0 Å². The van der Waals surface area contributed by atoms with Crippen molar-refractivity contribution in [2.24, 2.45) is 0 Å². The van der Waals surface area contributed by atoms with E-state index in [0.29, 0.717) is 12.3 Å². The van der Waals surface area contributed by atoms with Gasteiger partial charge < -0.3 is 19.7 Å². The summed E-state index contributed by atoms with van der Waals surface area (Å²) in [5.41, 5.74) is 3.19. The summed E-state index contributed by atoms with van der Waals surface area (Å²) >= 11 is 1.77. The van der Waals surface area contributed by atoms with Crippen LogP contribution in [0.25, 0.3) is 11.1 Å². The SMILES string of the molecule is CCOc1cncc(-c2csc(CN3CCN(c4ccc(C(=O)Nc5ccc(OC)cc5)nn4)CC3)c2)c1. The van der Waals surface area contributed by atoms with Gasteiger partial charge in [-0.05, 0) is 66.4 Å². The number of nitrogens with one attached hydrogen (secondary N) is 1. The van der Waals surface area contributed by atoms with Gasteiger partial charge in [0.05, 0.1) is 19.9 Å². The molecule has 1 fully saturated rings. The Morgan fingerprint density at radius 2 is 1.79 bits per heavy atom. The van der Waals surface area contributed by atoms with E-state index >= 15 is 0 Å². The molecule has 0 aliphatic carbocycles. The lowest BCUT2D eigenvalue weighted by Crippen LogP contribution is -2.46. The number of piperazine rings is 1. The van der Waals surface area contributed by atoms with E-state index in [1.54, 1.807) is 55.0 Å². The van der Waals surface area contributed by atoms with Crippen molar-refractivity contribution in [1.82, 2.24) is 20.1 Å². The molecule has 1 aromatic carbocycles. The Labute approximate surface area is 226 Å². The number of anilines is 2. The van der Waals surface area contributed by atoms with Gasteiger partial charge in [-0.15, -0.1) is 21.5 Å². The van der Waals surface area contributed by atoms with E-state index in [1.165, 1.54) is 10.4 Å². The Balaban J connectivity index is 1.12. The molecule has 0 spiro atoms. The Bertz CT molecular complexity index is 1350. The van der Waals surface area contributed by atoms with Crippen molar-refractivity contribution in [2.75, 3.05) is 50.1 Å². The van der Waals surface area contributed by atoms with Gasteiger partial charge in [-0.25, -0.2) is 0 Å². The number of nitrogens with zero attached hydrogens (tertiary/aromatic N) is 5. The average Bonchev–Trinajstić information content (AvgIpc) is 3.43. The molecule has 0 atom stereocenters. The second-order valence-electron chi connectivity index (χ2n) is 8.87. The Morgan fingerprint density at radius 3 is 2.50 bits per heavy atom. The number of carbonyl (C=O) groups excluding carboxylic acids is 1. The largest absolute Gasteiger partial charge is 0.497 e. The summed E-state index contributed by atoms with van der Waals surface area (Å²) in [5.74, 6) is 2.01. The summed E-state index contributed by atoms with van der Waals surface area (Å²) in [6, 6.07) is 15.0. The predicted molar refractivity (Wildman–Crippen MR) is 149 cm³/mol. The molecule has 9 nitrogen and oxygen atoms in total. The van der Waals surface area contributed by atoms with Gasteiger partial charge in [0, 0.05) is 55.0 Å². The monoisotopic (exact) mass is 530 g/mol. The van der Waals surface area contributed by atoms with E-state index in [1.807, 2.05) is 25.3 Å². The summed E-state index contributed by atoms with van der Waals surface area (Å²) in [6.07, 6.45) is 3.62. The minimum Gasteiger partial charge on any atom is -0.497 e. The Morgan fingerprint density at radius 1 is 0.974 bits per heavy atom. The van der Waals surface area contributed by atoms with Crippen molar-refractivity contribution in [2.45, 2.75) is 13.5 Å². The maximum atomic E-state index is 12.5. The molecule has 4 aromatic rings. The quantitative estimate of drug-likeness (QED) is 0.336. The van der Waals surface area contributed by atoms with Gasteiger partial charge in [-0.1, -0.05) is 0 Å². The zero-order valence-corrected chi connectivity index (χ0v) is 22.3. The topological polar surface area (TPSA) is 92.7 Å². The van der Waals surface area contributed by atoms with Crippen molar-refractivity contribution >= 4 is 28.7 Å². The number of hydrogen-bond donors (Lipinski definition) is 1.